The maximum absolute atomic E-state index is 13.0. The van der Waals surface area contributed by atoms with Crippen molar-refractivity contribution in [1.82, 2.24) is 0 Å². The molecule has 116 valence electrons. The Hall–Kier alpha value is -2.62. The van der Waals surface area contributed by atoms with Crippen molar-refractivity contribution in [3.05, 3.63) is 58.7 Å². The maximum atomic E-state index is 13.0. The Kier molecular flexibility index (Phi) is 2.85. The molecular weight excluding hydrogens is 292 g/mol. The second-order valence-electron chi connectivity index (χ2n) is 6.14. The summed E-state index contributed by atoms with van der Waals surface area (Å²) in [6.45, 7) is 0. The minimum atomic E-state index is -0.983. The normalized spacial score (nSPS) is 21.5. The summed E-state index contributed by atoms with van der Waals surface area (Å²) in [6.07, 6.45) is 0.898. The van der Waals surface area contributed by atoms with E-state index < -0.39 is 5.41 Å². The van der Waals surface area contributed by atoms with Crippen LogP contribution >= 0.6 is 0 Å². The van der Waals surface area contributed by atoms with Crippen molar-refractivity contribution in [3.8, 4) is 11.5 Å². The van der Waals surface area contributed by atoms with Crippen LogP contribution in [-0.4, -0.2) is 25.8 Å². The van der Waals surface area contributed by atoms with Gasteiger partial charge in [0.05, 0.1) is 14.2 Å². The van der Waals surface area contributed by atoms with Gasteiger partial charge in [-0.2, -0.15) is 0 Å². The standard InChI is InChI=1S/C19H16O4/c1-22-13-5-6-15-12(7-13)10-19(17(15)20)9-11-3-4-14(23-2)8-16(11)18(19)21/h3-8H,9-10H2,1-2H3. The Bertz CT molecular complexity index is 852. The monoisotopic (exact) mass is 308 g/mol. The maximum Gasteiger partial charge on any atom is 0.177 e. The minimum Gasteiger partial charge on any atom is -0.497 e. The number of rotatable bonds is 2. The van der Waals surface area contributed by atoms with Crippen molar-refractivity contribution >= 4 is 11.6 Å². The first-order valence-corrected chi connectivity index (χ1v) is 7.52. The van der Waals surface area contributed by atoms with E-state index in [9.17, 15) is 9.59 Å². The van der Waals surface area contributed by atoms with Gasteiger partial charge in [-0.3, -0.25) is 9.59 Å². The molecule has 4 heteroatoms. The molecule has 2 aliphatic carbocycles. The predicted molar refractivity (Wildman–Crippen MR) is 84.5 cm³/mol. The minimum absolute atomic E-state index is 0.0738. The summed E-state index contributed by atoms with van der Waals surface area (Å²) in [5.41, 5.74) is 2.08. The van der Waals surface area contributed by atoms with Gasteiger partial charge in [0.15, 0.2) is 11.6 Å². The quantitative estimate of drug-likeness (QED) is 0.801. The number of hydrogen-bond donors (Lipinski definition) is 0. The highest BCUT2D eigenvalue weighted by Gasteiger charge is 2.55. The highest BCUT2D eigenvalue weighted by Crippen LogP contribution is 2.48. The predicted octanol–water partition coefficient (Wildman–Crippen LogP) is 2.87. The molecule has 2 aliphatic rings. The molecule has 0 saturated carbocycles. The summed E-state index contributed by atoms with van der Waals surface area (Å²) in [7, 11) is 3.16. The SMILES string of the molecule is COc1ccc2c(c1)CC1(Cc3ccc(OC)cc3C1=O)C2=O. The first kappa shape index (κ1) is 14.0. The molecule has 1 atom stereocenters. The van der Waals surface area contributed by atoms with E-state index in [-0.39, 0.29) is 11.6 Å². The lowest BCUT2D eigenvalue weighted by atomic mass is 9.80. The molecule has 0 aliphatic heterocycles. The van der Waals surface area contributed by atoms with E-state index in [2.05, 4.69) is 0 Å². The zero-order valence-electron chi connectivity index (χ0n) is 13.0. The lowest BCUT2D eigenvalue weighted by Crippen LogP contribution is -2.34. The van der Waals surface area contributed by atoms with Crippen LogP contribution in [0.3, 0.4) is 0 Å². The van der Waals surface area contributed by atoms with Crippen LogP contribution < -0.4 is 9.47 Å². The Labute approximate surface area is 134 Å². The van der Waals surface area contributed by atoms with Crippen LogP contribution in [0.1, 0.15) is 31.8 Å². The molecule has 0 fully saturated rings. The molecule has 0 amide bonds. The number of fused-ring (bicyclic) bond motifs is 2. The van der Waals surface area contributed by atoms with Crippen LogP contribution in [0, 0.1) is 5.41 Å². The number of carbonyl (C=O) groups is 2. The van der Waals surface area contributed by atoms with Crippen LogP contribution in [0.2, 0.25) is 0 Å². The molecule has 1 unspecified atom stereocenters. The topological polar surface area (TPSA) is 52.6 Å². The van der Waals surface area contributed by atoms with Crippen LogP contribution in [-0.2, 0) is 12.8 Å². The highest BCUT2D eigenvalue weighted by molar-refractivity contribution is 6.24. The number of hydrogen-bond acceptors (Lipinski definition) is 4. The molecule has 4 rings (SSSR count). The van der Waals surface area contributed by atoms with Gasteiger partial charge in [0.1, 0.15) is 16.9 Å². The van der Waals surface area contributed by atoms with Gasteiger partial charge in [0.2, 0.25) is 0 Å². The van der Waals surface area contributed by atoms with E-state index in [0.29, 0.717) is 35.5 Å². The molecule has 0 saturated heterocycles. The molecule has 0 bridgehead atoms. The summed E-state index contributed by atoms with van der Waals surface area (Å²) in [4.78, 5) is 26.0. The lowest BCUT2D eigenvalue weighted by Gasteiger charge is -2.18. The van der Waals surface area contributed by atoms with Gasteiger partial charge in [0, 0.05) is 11.1 Å². The van der Waals surface area contributed by atoms with Gasteiger partial charge in [-0.1, -0.05) is 6.07 Å². The fourth-order valence-electron chi connectivity index (χ4n) is 3.77. The fourth-order valence-corrected chi connectivity index (χ4v) is 3.77. The third-order valence-electron chi connectivity index (χ3n) is 4.97. The smallest absolute Gasteiger partial charge is 0.177 e. The summed E-state index contributed by atoms with van der Waals surface area (Å²) in [6, 6.07) is 10.9. The van der Waals surface area contributed by atoms with Gasteiger partial charge in [-0.05, 0) is 54.3 Å². The highest BCUT2D eigenvalue weighted by atomic mass is 16.5. The average Bonchev–Trinajstić information content (AvgIpc) is 3.02. The van der Waals surface area contributed by atoms with Gasteiger partial charge >= 0.3 is 0 Å². The first-order chi connectivity index (χ1) is 11.1. The van der Waals surface area contributed by atoms with Crippen molar-refractivity contribution in [3.63, 3.8) is 0 Å². The number of Topliss-reactive ketones (excluding diaryl/α,β-unsaturated/α-hetero) is 2. The Morgan fingerprint density at radius 3 is 2.13 bits per heavy atom. The number of ketones is 2. The first-order valence-electron chi connectivity index (χ1n) is 7.52. The van der Waals surface area contributed by atoms with Gasteiger partial charge in [-0.15, -0.1) is 0 Å². The molecule has 4 nitrogen and oxygen atoms in total. The van der Waals surface area contributed by atoms with Crippen molar-refractivity contribution in [1.29, 1.82) is 0 Å². The number of benzene rings is 2. The van der Waals surface area contributed by atoms with E-state index in [4.69, 9.17) is 9.47 Å². The van der Waals surface area contributed by atoms with E-state index in [1.54, 1.807) is 32.4 Å². The van der Waals surface area contributed by atoms with Crippen molar-refractivity contribution in [2.45, 2.75) is 12.8 Å². The second-order valence-corrected chi connectivity index (χ2v) is 6.14. The van der Waals surface area contributed by atoms with Crippen molar-refractivity contribution < 1.29 is 19.1 Å². The van der Waals surface area contributed by atoms with Gasteiger partial charge < -0.3 is 9.47 Å². The zero-order chi connectivity index (χ0) is 16.2. The largest absolute Gasteiger partial charge is 0.497 e. The Morgan fingerprint density at radius 1 is 0.783 bits per heavy atom. The molecule has 1 spiro atoms. The molecule has 0 aromatic heterocycles. The van der Waals surface area contributed by atoms with Crippen LogP contribution in [0.25, 0.3) is 0 Å². The van der Waals surface area contributed by atoms with E-state index in [1.807, 2.05) is 18.2 Å². The van der Waals surface area contributed by atoms with Gasteiger partial charge in [0.25, 0.3) is 0 Å². The molecular formula is C19H16O4. The number of carbonyl (C=O) groups excluding carboxylic acids is 2. The Balaban J connectivity index is 1.79. The molecule has 0 heterocycles. The van der Waals surface area contributed by atoms with Crippen molar-refractivity contribution in [2.75, 3.05) is 14.2 Å². The van der Waals surface area contributed by atoms with E-state index in [0.717, 1.165) is 11.1 Å². The van der Waals surface area contributed by atoms with E-state index >= 15 is 0 Å². The zero-order valence-corrected chi connectivity index (χ0v) is 13.0. The number of ether oxygens (including phenoxy) is 2. The summed E-state index contributed by atoms with van der Waals surface area (Å²) >= 11 is 0. The third-order valence-corrected chi connectivity index (χ3v) is 4.97. The summed E-state index contributed by atoms with van der Waals surface area (Å²) in [5, 5.41) is 0. The molecule has 0 N–H and O–H groups in total. The van der Waals surface area contributed by atoms with Crippen molar-refractivity contribution in [2.24, 2.45) is 5.41 Å². The molecule has 0 radical (unpaired) electrons. The lowest BCUT2D eigenvalue weighted by molar-refractivity contribution is 0.0705. The molecule has 2 aromatic rings. The van der Waals surface area contributed by atoms with Crippen LogP contribution in [0.15, 0.2) is 36.4 Å². The second kappa shape index (κ2) is 4.69. The van der Waals surface area contributed by atoms with Crippen LogP contribution in [0.5, 0.6) is 11.5 Å². The van der Waals surface area contributed by atoms with E-state index in [1.165, 1.54) is 0 Å². The molecule has 2 aromatic carbocycles. The molecule has 23 heavy (non-hydrogen) atoms. The third kappa shape index (κ3) is 1.78. The van der Waals surface area contributed by atoms with Crippen LogP contribution in [0.4, 0.5) is 0 Å². The fraction of sp³-hybridized carbons (Fsp3) is 0.263. The summed E-state index contributed by atoms with van der Waals surface area (Å²) in [5.74, 6) is 1.18. The van der Waals surface area contributed by atoms with Gasteiger partial charge in [-0.25, -0.2) is 0 Å². The Morgan fingerprint density at radius 2 is 1.39 bits per heavy atom. The number of methoxy groups -OCH3 is 2. The average molecular weight is 308 g/mol. The summed E-state index contributed by atoms with van der Waals surface area (Å²) < 4.78 is 10.4.